The normalized spacial score (nSPS) is 20.3. The van der Waals surface area contributed by atoms with Gasteiger partial charge in [-0.05, 0) is 37.6 Å². The van der Waals surface area contributed by atoms with Crippen molar-refractivity contribution in [3.05, 3.63) is 54.1 Å². The van der Waals surface area contributed by atoms with Crippen molar-refractivity contribution in [2.45, 2.75) is 25.9 Å². The highest BCUT2D eigenvalue weighted by atomic mass is 19.1. The van der Waals surface area contributed by atoms with Gasteiger partial charge in [0, 0.05) is 43.6 Å². The fraction of sp³-hybridized carbons (Fsp3) is 0.400. The van der Waals surface area contributed by atoms with Crippen molar-refractivity contribution in [3.8, 4) is 5.75 Å². The summed E-state index contributed by atoms with van der Waals surface area (Å²) >= 11 is 0. The summed E-state index contributed by atoms with van der Waals surface area (Å²) in [5.74, 6) is -0.306. The molecule has 7 heteroatoms. The predicted molar refractivity (Wildman–Crippen MR) is 103 cm³/mol. The van der Waals surface area contributed by atoms with E-state index < -0.39 is 13.0 Å². The van der Waals surface area contributed by atoms with Gasteiger partial charge in [-0.15, -0.1) is 0 Å². The number of nitrogens with one attached hydrogen (secondary N) is 1. The van der Waals surface area contributed by atoms with E-state index in [1.54, 1.807) is 35.2 Å². The molecule has 2 aromatic rings. The van der Waals surface area contributed by atoms with E-state index in [4.69, 9.17) is 8.85 Å². The molecule has 0 radical (unpaired) electrons. The number of halogens is 1. The fourth-order valence-corrected chi connectivity index (χ4v) is 3.28. The lowest BCUT2D eigenvalue weighted by atomic mass is 10.1. The highest BCUT2D eigenvalue weighted by Gasteiger charge is 2.28. The number of hydrogen-bond acceptors (Lipinski definition) is 4. The number of urea groups is 1. The fourth-order valence-electron chi connectivity index (χ4n) is 3.28. The summed E-state index contributed by atoms with van der Waals surface area (Å²) in [6, 6.07) is 9.18. The standard InChI is InChI=1S/C20H25FN4O2/c1-14-13-24(17-7-8-22-19(21)12-17)9-10-25(14)20(26)23-15(2)16-5-4-6-18(11-16)27-3/h4-8,11-12,14-15H,9-10,13H2,1-3H3,(H,23,26)/t14-,15-/m1/s1/i3D3. The lowest BCUT2D eigenvalue weighted by Crippen LogP contribution is -2.56. The van der Waals surface area contributed by atoms with Gasteiger partial charge in [0.25, 0.3) is 0 Å². The van der Waals surface area contributed by atoms with Crippen LogP contribution >= 0.6 is 0 Å². The second-order valence-corrected chi connectivity index (χ2v) is 6.67. The zero-order valence-electron chi connectivity index (χ0n) is 18.4. The number of nitrogens with zero attached hydrogens (tertiary/aromatic N) is 3. The van der Waals surface area contributed by atoms with Gasteiger partial charge in [-0.25, -0.2) is 9.78 Å². The van der Waals surface area contributed by atoms with Crippen LogP contribution in [0.3, 0.4) is 0 Å². The highest BCUT2D eigenvalue weighted by Crippen LogP contribution is 2.21. The van der Waals surface area contributed by atoms with Crippen LogP contribution in [-0.4, -0.2) is 48.6 Å². The molecule has 0 saturated carbocycles. The van der Waals surface area contributed by atoms with Gasteiger partial charge in [0.1, 0.15) is 5.75 Å². The van der Waals surface area contributed by atoms with Gasteiger partial charge in [-0.1, -0.05) is 12.1 Å². The molecular formula is C20H25FN4O2. The average molecular weight is 375 g/mol. The Labute approximate surface area is 163 Å². The van der Waals surface area contributed by atoms with Crippen LogP contribution in [0.1, 0.15) is 29.6 Å². The third kappa shape index (κ3) is 4.48. The molecule has 1 N–H and O–H groups in total. The summed E-state index contributed by atoms with van der Waals surface area (Å²) in [5, 5.41) is 2.95. The van der Waals surface area contributed by atoms with Crippen LogP contribution in [0.4, 0.5) is 14.9 Å². The number of methoxy groups -OCH3 is 1. The maximum Gasteiger partial charge on any atom is 0.318 e. The third-order valence-corrected chi connectivity index (χ3v) is 4.78. The Morgan fingerprint density at radius 2 is 2.26 bits per heavy atom. The van der Waals surface area contributed by atoms with E-state index in [2.05, 4.69) is 10.3 Å². The van der Waals surface area contributed by atoms with E-state index in [1.165, 1.54) is 12.3 Å². The van der Waals surface area contributed by atoms with Crippen LogP contribution in [0.2, 0.25) is 0 Å². The topological polar surface area (TPSA) is 57.7 Å². The summed E-state index contributed by atoms with van der Waals surface area (Å²) in [4.78, 5) is 20.2. The Bertz CT molecular complexity index is 896. The molecule has 0 bridgehead atoms. The molecule has 1 fully saturated rings. The van der Waals surface area contributed by atoms with E-state index in [-0.39, 0.29) is 23.9 Å². The molecule has 144 valence electrons. The van der Waals surface area contributed by atoms with Crippen molar-refractivity contribution >= 4 is 11.7 Å². The minimum Gasteiger partial charge on any atom is -0.497 e. The number of carbonyl (C=O) groups excluding carboxylic acids is 1. The molecule has 2 heterocycles. The number of ether oxygens (including phenoxy) is 1. The highest BCUT2D eigenvalue weighted by molar-refractivity contribution is 5.75. The zero-order chi connectivity index (χ0) is 21.9. The molecule has 0 spiro atoms. The number of rotatable bonds is 4. The van der Waals surface area contributed by atoms with Crippen molar-refractivity contribution in [2.24, 2.45) is 0 Å². The van der Waals surface area contributed by atoms with E-state index in [0.717, 1.165) is 11.3 Å². The van der Waals surface area contributed by atoms with Crippen LogP contribution < -0.4 is 15.0 Å². The summed E-state index contributed by atoms with van der Waals surface area (Å²) in [7, 11) is -2.53. The third-order valence-electron chi connectivity index (χ3n) is 4.78. The number of aromatic nitrogens is 1. The molecule has 6 nitrogen and oxygen atoms in total. The number of amides is 2. The van der Waals surface area contributed by atoms with Gasteiger partial charge in [0.2, 0.25) is 5.95 Å². The van der Waals surface area contributed by atoms with Crippen LogP contribution in [0.25, 0.3) is 0 Å². The molecule has 1 aliphatic rings. The van der Waals surface area contributed by atoms with Crippen LogP contribution in [-0.2, 0) is 0 Å². The number of hydrogen-bond donors (Lipinski definition) is 1. The molecule has 2 atom stereocenters. The van der Waals surface area contributed by atoms with Crippen LogP contribution in [0.15, 0.2) is 42.6 Å². The van der Waals surface area contributed by atoms with Crippen molar-refractivity contribution in [2.75, 3.05) is 31.6 Å². The second-order valence-electron chi connectivity index (χ2n) is 6.67. The van der Waals surface area contributed by atoms with E-state index >= 15 is 0 Å². The SMILES string of the molecule is [2H]C([2H])([2H])Oc1cccc([C@@H](C)NC(=O)N2CCN(c3ccnc(F)c3)C[C@H]2C)c1. The van der Waals surface area contributed by atoms with Crippen LogP contribution in [0.5, 0.6) is 5.75 Å². The molecule has 27 heavy (non-hydrogen) atoms. The van der Waals surface area contributed by atoms with Gasteiger partial charge in [0.15, 0.2) is 0 Å². The van der Waals surface area contributed by atoms with Crippen LogP contribution in [0, 0.1) is 5.95 Å². The van der Waals surface area contributed by atoms with Crippen molar-refractivity contribution in [1.29, 1.82) is 0 Å². The molecule has 3 rings (SSSR count). The quantitative estimate of drug-likeness (QED) is 0.834. The lowest BCUT2D eigenvalue weighted by molar-refractivity contribution is 0.168. The van der Waals surface area contributed by atoms with E-state index in [0.29, 0.717) is 19.6 Å². The number of pyridine rings is 1. The van der Waals surface area contributed by atoms with Crippen molar-refractivity contribution in [3.63, 3.8) is 0 Å². The first-order chi connectivity index (χ1) is 14.1. The molecule has 2 amide bonds. The molecule has 0 aliphatic carbocycles. The molecule has 1 aliphatic heterocycles. The number of carbonyl (C=O) groups is 1. The largest absolute Gasteiger partial charge is 0.497 e. The van der Waals surface area contributed by atoms with Gasteiger partial charge >= 0.3 is 6.03 Å². The summed E-state index contributed by atoms with van der Waals surface area (Å²) < 4.78 is 40.0. The zero-order valence-corrected chi connectivity index (χ0v) is 15.4. The molecule has 1 aromatic carbocycles. The Kier molecular flexibility index (Phi) is 4.66. The van der Waals surface area contributed by atoms with Crippen molar-refractivity contribution < 1.29 is 18.0 Å². The first-order valence-electron chi connectivity index (χ1n) is 10.3. The molecule has 1 saturated heterocycles. The Balaban J connectivity index is 1.60. The van der Waals surface area contributed by atoms with Gasteiger partial charge in [-0.3, -0.25) is 0 Å². The van der Waals surface area contributed by atoms with Gasteiger partial charge < -0.3 is 19.9 Å². The average Bonchev–Trinajstić information content (AvgIpc) is 2.66. The second kappa shape index (κ2) is 8.24. The number of anilines is 1. The maximum absolute atomic E-state index is 13.4. The number of piperazine rings is 1. The van der Waals surface area contributed by atoms with Gasteiger partial charge in [0.05, 0.1) is 17.2 Å². The Morgan fingerprint density at radius 3 is 3.00 bits per heavy atom. The minimum absolute atomic E-state index is 0.0765. The lowest BCUT2D eigenvalue weighted by Gasteiger charge is -2.41. The van der Waals surface area contributed by atoms with Gasteiger partial charge in [-0.2, -0.15) is 4.39 Å². The summed E-state index contributed by atoms with van der Waals surface area (Å²) in [6.07, 6.45) is 1.43. The van der Waals surface area contributed by atoms with Crippen molar-refractivity contribution in [1.82, 2.24) is 15.2 Å². The number of benzene rings is 1. The first kappa shape index (κ1) is 15.2. The first-order valence-corrected chi connectivity index (χ1v) is 8.85. The smallest absolute Gasteiger partial charge is 0.318 e. The molecule has 1 aromatic heterocycles. The Hall–Kier alpha value is -2.83. The predicted octanol–water partition coefficient (Wildman–Crippen LogP) is 3.21. The maximum atomic E-state index is 13.4. The van der Waals surface area contributed by atoms with E-state index in [1.807, 2.05) is 18.7 Å². The monoisotopic (exact) mass is 375 g/mol. The minimum atomic E-state index is -2.53. The van der Waals surface area contributed by atoms with E-state index in [9.17, 15) is 9.18 Å². The molecular weight excluding hydrogens is 347 g/mol. The summed E-state index contributed by atoms with van der Waals surface area (Å²) in [6.45, 7) is 5.42. The molecule has 0 unspecified atom stereocenters. The Morgan fingerprint density at radius 1 is 1.41 bits per heavy atom. The summed E-state index contributed by atoms with van der Waals surface area (Å²) in [5.41, 5.74) is 1.48.